The van der Waals surface area contributed by atoms with Crippen molar-refractivity contribution in [1.82, 2.24) is 4.90 Å². The summed E-state index contributed by atoms with van der Waals surface area (Å²) in [7, 11) is 2.18. The van der Waals surface area contributed by atoms with Crippen LogP contribution in [0.5, 0.6) is 0 Å². The van der Waals surface area contributed by atoms with Crippen LogP contribution in [0.15, 0.2) is 12.3 Å². The van der Waals surface area contributed by atoms with Crippen LogP contribution in [0.4, 0.5) is 0 Å². The molecule has 0 fully saturated rings. The van der Waals surface area contributed by atoms with Crippen molar-refractivity contribution in [1.29, 1.82) is 0 Å². The molecule has 0 saturated heterocycles. The van der Waals surface area contributed by atoms with Gasteiger partial charge in [-0.3, -0.25) is 0 Å². The van der Waals surface area contributed by atoms with Gasteiger partial charge in [0, 0.05) is 19.3 Å². The van der Waals surface area contributed by atoms with E-state index in [1.54, 1.807) is 0 Å². The van der Waals surface area contributed by atoms with Crippen molar-refractivity contribution < 1.29 is 0 Å². The van der Waals surface area contributed by atoms with Gasteiger partial charge < -0.3 is 4.90 Å². The van der Waals surface area contributed by atoms with Crippen LogP contribution in [0.1, 0.15) is 53.9 Å². The van der Waals surface area contributed by atoms with Crippen molar-refractivity contribution in [2.75, 3.05) is 13.6 Å². The summed E-state index contributed by atoms with van der Waals surface area (Å²) in [4.78, 5) is 2.35. The van der Waals surface area contributed by atoms with Crippen LogP contribution in [-0.2, 0) is 0 Å². The maximum absolute atomic E-state index is 4.25. The third kappa shape index (κ3) is 5.05. The summed E-state index contributed by atoms with van der Waals surface area (Å²) in [5.41, 5.74) is 1.30. The van der Waals surface area contributed by atoms with Crippen molar-refractivity contribution in [3.05, 3.63) is 12.3 Å². The molecule has 0 aromatic heterocycles. The number of nitrogens with zero attached hydrogens (tertiary/aromatic N) is 1. The molecule has 0 radical (unpaired) electrons. The van der Waals surface area contributed by atoms with Gasteiger partial charge in [0.2, 0.25) is 0 Å². The molecule has 0 amide bonds. The zero-order valence-corrected chi connectivity index (χ0v) is 12.2. The molecule has 0 aliphatic carbocycles. The molecule has 0 saturated carbocycles. The number of hydrogen-bond acceptors (Lipinski definition) is 1. The highest BCUT2D eigenvalue weighted by Crippen LogP contribution is 2.24. The van der Waals surface area contributed by atoms with Gasteiger partial charge in [-0.25, -0.2) is 0 Å². The lowest BCUT2D eigenvalue weighted by Gasteiger charge is -2.30. The maximum atomic E-state index is 4.25. The first-order chi connectivity index (χ1) is 7.43. The minimum Gasteiger partial charge on any atom is -0.378 e. The number of rotatable bonds is 8. The van der Waals surface area contributed by atoms with Crippen LogP contribution < -0.4 is 0 Å². The largest absolute Gasteiger partial charge is 0.378 e. The van der Waals surface area contributed by atoms with Crippen molar-refractivity contribution in [3.63, 3.8) is 0 Å². The van der Waals surface area contributed by atoms with Crippen molar-refractivity contribution in [2.45, 2.75) is 53.9 Å². The summed E-state index contributed by atoms with van der Waals surface area (Å²) in [6.45, 7) is 16.9. The van der Waals surface area contributed by atoms with E-state index in [0.29, 0.717) is 5.92 Å². The summed E-state index contributed by atoms with van der Waals surface area (Å²) in [5.74, 6) is 2.17. The van der Waals surface area contributed by atoms with Crippen LogP contribution in [-0.4, -0.2) is 18.5 Å². The Bertz CT molecular complexity index is 198. The fraction of sp³-hybridized carbons (Fsp3) is 0.867. The standard InChI is InChI=1S/C15H31N/c1-8-12(3)10-11-16(7)15(6)14(5)13(4)9-2/h12-14H,6,8-11H2,1-5,7H3/t12?,13?,14-/m0/s1. The molecule has 1 nitrogen and oxygen atoms in total. The van der Waals surface area contributed by atoms with E-state index in [9.17, 15) is 0 Å². The quantitative estimate of drug-likeness (QED) is 0.586. The van der Waals surface area contributed by atoms with Gasteiger partial charge in [0.1, 0.15) is 0 Å². The van der Waals surface area contributed by atoms with Gasteiger partial charge in [0.25, 0.3) is 0 Å². The summed E-state index contributed by atoms with van der Waals surface area (Å²) < 4.78 is 0. The SMILES string of the molecule is C=C([C@@H](C)C(C)CC)N(C)CCC(C)CC. The zero-order chi connectivity index (χ0) is 12.7. The second kappa shape index (κ2) is 7.76. The molecule has 0 rings (SSSR count). The second-order valence-electron chi connectivity index (χ2n) is 5.39. The lowest BCUT2D eigenvalue weighted by atomic mass is 9.90. The highest BCUT2D eigenvalue weighted by Gasteiger charge is 2.16. The minimum atomic E-state index is 0.604. The van der Waals surface area contributed by atoms with Gasteiger partial charge in [0.05, 0.1) is 0 Å². The fourth-order valence-electron chi connectivity index (χ4n) is 1.79. The van der Waals surface area contributed by atoms with Gasteiger partial charge in [-0.1, -0.05) is 54.0 Å². The Morgan fingerprint density at radius 2 is 1.69 bits per heavy atom. The molecule has 0 aromatic carbocycles. The van der Waals surface area contributed by atoms with E-state index in [0.717, 1.165) is 18.4 Å². The molecule has 1 heteroatoms. The molecule has 0 bridgehead atoms. The molecule has 0 aromatic rings. The molecule has 96 valence electrons. The first kappa shape index (κ1) is 15.5. The maximum Gasteiger partial charge on any atom is 0.0174 e. The highest BCUT2D eigenvalue weighted by molar-refractivity contribution is 4.99. The molecule has 2 unspecified atom stereocenters. The Morgan fingerprint density at radius 1 is 1.12 bits per heavy atom. The van der Waals surface area contributed by atoms with Gasteiger partial charge in [-0.15, -0.1) is 0 Å². The van der Waals surface area contributed by atoms with E-state index in [1.165, 1.54) is 25.0 Å². The Kier molecular flexibility index (Phi) is 7.53. The predicted octanol–water partition coefficient (Wildman–Crippen LogP) is 4.55. The van der Waals surface area contributed by atoms with Gasteiger partial charge in [-0.05, 0) is 24.2 Å². The molecule has 16 heavy (non-hydrogen) atoms. The Labute approximate surface area is 103 Å². The highest BCUT2D eigenvalue weighted by atomic mass is 15.1. The van der Waals surface area contributed by atoms with Crippen LogP contribution >= 0.6 is 0 Å². The molecule has 3 atom stereocenters. The molecule has 0 spiro atoms. The fourth-order valence-corrected chi connectivity index (χ4v) is 1.79. The average molecular weight is 225 g/mol. The summed E-state index contributed by atoms with van der Waals surface area (Å²) in [5, 5.41) is 0. The second-order valence-corrected chi connectivity index (χ2v) is 5.39. The smallest absolute Gasteiger partial charge is 0.0174 e. The lowest BCUT2D eigenvalue weighted by Crippen LogP contribution is -2.26. The molecular formula is C15H31N. The first-order valence-corrected chi connectivity index (χ1v) is 6.83. The van der Waals surface area contributed by atoms with Gasteiger partial charge >= 0.3 is 0 Å². The molecule has 0 heterocycles. The molecule has 0 aliphatic heterocycles. The van der Waals surface area contributed by atoms with Crippen LogP contribution in [0.3, 0.4) is 0 Å². The normalized spacial score (nSPS) is 16.6. The predicted molar refractivity (Wildman–Crippen MR) is 74.5 cm³/mol. The van der Waals surface area contributed by atoms with Crippen LogP contribution in [0, 0.1) is 17.8 Å². The Morgan fingerprint density at radius 3 is 2.12 bits per heavy atom. The topological polar surface area (TPSA) is 3.24 Å². The van der Waals surface area contributed by atoms with E-state index in [4.69, 9.17) is 0 Å². The monoisotopic (exact) mass is 225 g/mol. The van der Waals surface area contributed by atoms with Crippen molar-refractivity contribution >= 4 is 0 Å². The minimum absolute atomic E-state index is 0.604. The summed E-state index contributed by atoms with van der Waals surface area (Å²) >= 11 is 0. The number of allylic oxidation sites excluding steroid dienone is 1. The lowest BCUT2D eigenvalue weighted by molar-refractivity contribution is 0.293. The van der Waals surface area contributed by atoms with E-state index in [2.05, 4.69) is 53.1 Å². The molecule has 0 N–H and O–H groups in total. The third-order valence-electron chi connectivity index (χ3n) is 4.17. The van der Waals surface area contributed by atoms with Gasteiger partial charge in [0.15, 0.2) is 0 Å². The van der Waals surface area contributed by atoms with Crippen LogP contribution in [0.2, 0.25) is 0 Å². The number of hydrogen-bond donors (Lipinski definition) is 0. The summed E-state index contributed by atoms with van der Waals surface area (Å²) in [6, 6.07) is 0. The zero-order valence-electron chi connectivity index (χ0n) is 12.2. The van der Waals surface area contributed by atoms with Gasteiger partial charge in [-0.2, -0.15) is 0 Å². The van der Waals surface area contributed by atoms with E-state index >= 15 is 0 Å². The molecular weight excluding hydrogens is 194 g/mol. The van der Waals surface area contributed by atoms with Crippen molar-refractivity contribution in [3.8, 4) is 0 Å². The van der Waals surface area contributed by atoms with E-state index < -0.39 is 0 Å². The Hall–Kier alpha value is -0.460. The van der Waals surface area contributed by atoms with E-state index in [1.807, 2.05) is 0 Å². The van der Waals surface area contributed by atoms with Crippen LogP contribution in [0.25, 0.3) is 0 Å². The van der Waals surface area contributed by atoms with Crippen molar-refractivity contribution in [2.24, 2.45) is 17.8 Å². The summed E-state index contributed by atoms with van der Waals surface area (Å²) in [6.07, 6.45) is 3.79. The van der Waals surface area contributed by atoms with E-state index in [-0.39, 0.29) is 0 Å². The first-order valence-electron chi connectivity index (χ1n) is 6.83. The third-order valence-corrected chi connectivity index (χ3v) is 4.17. The average Bonchev–Trinajstić information content (AvgIpc) is 2.32. The Balaban J connectivity index is 4.07. The molecule has 0 aliphatic rings.